The van der Waals surface area contributed by atoms with Gasteiger partial charge in [0.15, 0.2) is 5.15 Å². The average Bonchev–Trinajstić information content (AvgIpc) is 2.41. The van der Waals surface area contributed by atoms with Gasteiger partial charge in [-0.1, -0.05) is 11.6 Å². The monoisotopic (exact) mass is 251 g/mol. The predicted molar refractivity (Wildman–Crippen MR) is 51.4 cm³/mol. The minimum absolute atomic E-state index is 0.134. The van der Waals surface area contributed by atoms with E-state index in [-0.39, 0.29) is 22.3 Å². The Hall–Kier alpha value is -0.920. The summed E-state index contributed by atoms with van der Waals surface area (Å²) >= 11 is 3.03. The second-order valence-corrected chi connectivity index (χ2v) is 3.76. The zero-order valence-corrected chi connectivity index (χ0v) is 9.59. The second kappa shape index (κ2) is 4.73. The van der Waals surface area contributed by atoms with Crippen molar-refractivity contribution in [2.75, 3.05) is 6.61 Å². The van der Waals surface area contributed by atoms with Crippen molar-refractivity contribution in [3.8, 4) is 0 Å². The molecule has 1 aromatic rings. The first-order valence-corrected chi connectivity index (χ1v) is 5.43. The molecule has 0 N–H and O–H groups in total. The van der Waals surface area contributed by atoms with Gasteiger partial charge in [0.25, 0.3) is 0 Å². The normalized spacial score (nSPS) is 12.5. The molecule has 0 aliphatic rings. The lowest BCUT2D eigenvalue weighted by molar-refractivity contribution is 0.0521. The third-order valence-corrected chi connectivity index (χ3v) is 2.64. The van der Waals surface area contributed by atoms with Crippen molar-refractivity contribution in [2.45, 2.75) is 11.9 Å². The third kappa shape index (κ3) is 2.36. The Bertz CT molecular complexity index is 417. The number of aryl methyl sites for hydroxylation is 1. The number of carbonyl (C=O) groups excluding carboxylic acids is 1. The minimum Gasteiger partial charge on any atom is -0.767 e. The van der Waals surface area contributed by atoms with E-state index in [1.54, 1.807) is 6.92 Å². The summed E-state index contributed by atoms with van der Waals surface area (Å²) in [5.41, 5.74) is -0.227. The zero-order valence-electron chi connectivity index (χ0n) is 8.02. The van der Waals surface area contributed by atoms with Gasteiger partial charge in [-0.15, -0.1) is 0 Å². The van der Waals surface area contributed by atoms with Crippen LogP contribution < -0.4 is 0 Å². The molecule has 0 saturated carbocycles. The lowest BCUT2D eigenvalue weighted by atomic mass is 10.4. The maximum Gasteiger partial charge on any atom is 0.344 e. The fourth-order valence-electron chi connectivity index (χ4n) is 1.04. The van der Waals surface area contributed by atoms with Crippen LogP contribution >= 0.6 is 11.6 Å². The molecule has 0 aromatic carbocycles. The standard InChI is InChI=1S/C7H9ClN2O4S/c1-3-14-7(11)4-5(8)9-10(2)6(4)15(12)13/h3H2,1-2H3,(H,12,13)/p-1. The molecule has 8 heteroatoms. The Morgan fingerprint density at radius 1 is 1.73 bits per heavy atom. The van der Waals surface area contributed by atoms with Crippen molar-refractivity contribution in [2.24, 2.45) is 7.05 Å². The third-order valence-electron chi connectivity index (χ3n) is 1.59. The minimum atomic E-state index is -2.59. The first-order valence-electron chi connectivity index (χ1n) is 3.97. The molecule has 0 saturated heterocycles. The molecule has 0 amide bonds. The smallest absolute Gasteiger partial charge is 0.344 e. The Labute approximate surface area is 93.5 Å². The molecule has 1 atom stereocenters. The van der Waals surface area contributed by atoms with Gasteiger partial charge in [0.2, 0.25) is 0 Å². The molecule has 0 radical (unpaired) electrons. The number of rotatable bonds is 3. The molecule has 15 heavy (non-hydrogen) atoms. The summed E-state index contributed by atoms with van der Waals surface area (Å²) in [5.74, 6) is -0.796. The van der Waals surface area contributed by atoms with Crippen LogP contribution in [0.15, 0.2) is 5.03 Å². The van der Waals surface area contributed by atoms with Crippen LogP contribution in [0.2, 0.25) is 5.15 Å². The highest BCUT2D eigenvalue weighted by Crippen LogP contribution is 2.21. The van der Waals surface area contributed by atoms with Crippen molar-refractivity contribution >= 4 is 28.7 Å². The Kier molecular flexibility index (Phi) is 3.83. The number of esters is 1. The molecule has 0 fully saturated rings. The van der Waals surface area contributed by atoms with E-state index in [1.165, 1.54) is 7.05 Å². The fourth-order valence-corrected chi connectivity index (χ4v) is 1.98. The van der Waals surface area contributed by atoms with E-state index in [0.717, 1.165) is 4.68 Å². The number of nitrogens with zero attached hydrogens (tertiary/aromatic N) is 2. The first kappa shape index (κ1) is 12.2. The van der Waals surface area contributed by atoms with Gasteiger partial charge >= 0.3 is 5.97 Å². The molecule has 84 valence electrons. The summed E-state index contributed by atoms with van der Waals surface area (Å²) in [7, 11) is 1.37. The van der Waals surface area contributed by atoms with E-state index in [0.29, 0.717) is 0 Å². The summed E-state index contributed by atoms with van der Waals surface area (Å²) in [6, 6.07) is 0. The summed E-state index contributed by atoms with van der Waals surface area (Å²) in [6.45, 7) is 1.74. The van der Waals surface area contributed by atoms with E-state index in [4.69, 9.17) is 11.6 Å². The Morgan fingerprint density at radius 3 is 2.80 bits per heavy atom. The molecule has 1 aromatic heterocycles. The van der Waals surface area contributed by atoms with Crippen LogP contribution in [0.3, 0.4) is 0 Å². The van der Waals surface area contributed by atoms with Crippen LogP contribution in [0.4, 0.5) is 0 Å². The number of aromatic nitrogens is 2. The van der Waals surface area contributed by atoms with Crippen LogP contribution in [0.5, 0.6) is 0 Å². The van der Waals surface area contributed by atoms with Gasteiger partial charge in [-0.2, -0.15) is 5.10 Å². The van der Waals surface area contributed by atoms with Crippen LogP contribution in [-0.2, 0) is 22.9 Å². The van der Waals surface area contributed by atoms with E-state index >= 15 is 0 Å². The number of hydrogen-bond donors (Lipinski definition) is 0. The van der Waals surface area contributed by atoms with Gasteiger partial charge < -0.3 is 9.29 Å². The van der Waals surface area contributed by atoms with Gasteiger partial charge in [0.05, 0.1) is 6.61 Å². The van der Waals surface area contributed by atoms with Gasteiger partial charge in [-0.05, 0) is 18.0 Å². The number of hydrogen-bond acceptors (Lipinski definition) is 5. The van der Waals surface area contributed by atoms with Crippen LogP contribution in [0.1, 0.15) is 17.3 Å². The van der Waals surface area contributed by atoms with E-state index in [2.05, 4.69) is 9.84 Å². The molecule has 1 rings (SSSR count). The molecule has 0 bridgehead atoms. The number of ether oxygens (including phenoxy) is 1. The molecule has 0 spiro atoms. The van der Waals surface area contributed by atoms with Gasteiger partial charge in [0, 0.05) is 7.05 Å². The van der Waals surface area contributed by atoms with Crippen LogP contribution in [-0.4, -0.2) is 31.1 Å². The molecular formula is C7H8ClN2O4S-. The molecular weight excluding hydrogens is 244 g/mol. The predicted octanol–water partition coefficient (Wildman–Crippen LogP) is 0.488. The summed E-state index contributed by atoms with van der Waals surface area (Å²) in [4.78, 5) is 11.4. The molecule has 0 aliphatic carbocycles. The zero-order chi connectivity index (χ0) is 11.6. The fraction of sp³-hybridized carbons (Fsp3) is 0.429. The van der Waals surface area contributed by atoms with Crippen LogP contribution in [0, 0.1) is 0 Å². The van der Waals surface area contributed by atoms with Crippen molar-refractivity contribution in [3.05, 3.63) is 10.7 Å². The second-order valence-electron chi connectivity index (χ2n) is 2.55. The highest BCUT2D eigenvalue weighted by Gasteiger charge is 2.23. The van der Waals surface area contributed by atoms with Gasteiger partial charge in [-0.25, -0.2) is 4.79 Å². The quantitative estimate of drug-likeness (QED) is 0.577. The molecule has 0 aliphatic heterocycles. The Morgan fingerprint density at radius 2 is 2.33 bits per heavy atom. The molecule has 6 nitrogen and oxygen atoms in total. The van der Waals surface area contributed by atoms with E-state index in [9.17, 15) is 13.6 Å². The lowest BCUT2D eigenvalue weighted by Crippen LogP contribution is -2.10. The van der Waals surface area contributed by atoms with Crippen molar-refractivity contribution in [1.82, 2.24) is 9.78 Å². The highest BCUT2D eigenvalue weighted by atomic mass is 35.5. The maximum absolute atomic E-state index is 11.4. The van der Waals surface area contributed by atoms with E-state index in [1.807, 2.05) is 0 Å². The van der Waals surface area contributed by atoms with Gasteiger partial charge in [0.1, 0.15) is 10.6 Å². The van der Waals surface area contributed by atoms with Crippen molar-refractivity contribution < 1.29 is 18.3 Å². The Balaban J connectivity index is 3.26. The summed E-state index contributed by atoms with van der Waals surface area (Å²) < 4.78 is 27.3. The molecule has 1 unspecified atom stereocenters. The van der Waals surface area contributed by atoms with Crippen molar-refractivity contribution in [1.29, 1.82) is 0 Å². The van der Waals surface area contributed by atoms with Crippen molar-refractivity contribution in [3.63, 3.8) is 0 Å². The van der Waals surface area contributed by atoms with Crippen LogP contribution in [0.25, 0.3) is 0 Å². The average molecular weight is 252 g/mol. The number of carbonyl (C=O) groups is 1. The summed E-state index contributed by atoms with van der Waals surface area (Å²) in [5, 5.41) is 3.16. The highest BCUT2D eigenvalue weighted by molar-refractivity contribution is 7.79. The topological polar surface area (TPSA) is 84.2 Å². The largest absolute Gasteiger partial charge is 0.767 e. The summed E-state index contributed by atoms with van der Waals surface area (Å²) in [6.07, 6.45) is 0. The van der Waals surface area contributed by atoms with Gasteiger partial charge in [-0.3, -0.25) is 8.89 Å². The SMILES string of the molecule is CCOC(=O)c1c(Cl)nn(C)c1S(=O)[O-]. The first-order chi connectivity index (χ1) is 6.99. The molecule has 1 heterocycles. The lowest BCUT2D eigenvalue weighted by Gasteiger charge is -2.07. The maximum atomic E-state index is 11.4. The number of halogens is 1. The van der Waals surface area contributed by atoms with E-state index < -0.39 is 17.0 Å².